The van der Waals surface area contributed by atoms with Crippen molar-refractivity contribution >= 4 is 22.6 Å². The highest BCUT2D eigenvalue weighted by molar-refractivity contribution is 5.96. The van der Waals surface area contributed by atoms with Gasteiger partial charge in [0.25, 0.3) is 5.91 Å². The predicted octanol–water partition coefficient (Wildman–Crippen LogP) is 3.87. The lowest BCUT2D eigenvalue weighted by molar-refractivity contribution is 0.0584. The molecule has 6 heteroatoms. The average molecular weight is 420 g/mol. The number of hydrogen-bond acceptors (Lipinski definition) is 5. The minimum Gasteiger partial charge on any atom is -0.497 e. The Balaban J connectivity index is 1.14. The van der Waals surface area contributed by atoms with E-state index in [1.165, 1.54) is 5.69 Å². The van der Waals surface area contributed by atoms with Gasteiger partial charge in [-0.1, -0.05) is 24.3 Å². The molecule has 0 radical (unpaired) electrons. The molecule has 0 atom stereocenters. The van der Waals surface area contributed by atoms with E-state index in [1.807, 2.05) is 41.3 Å². The fraction of sp³-hybridized carbons (Fsp3) is 0.400. The zero-order valence-electron chi connectivity index (χ0n) is 18.0. The first-order valence-corrected chi connectivity index (χ1v) is 11.1. The zero-order chi connectivity index (χ0) is 21.2. The molecule has 2 fully saturated rings. The van der Waals surface area contributed by atoms with Gasteiger partial charge < -0.3 is 19.0 Å². The standard InChI is InChI=1S/C25H29N3O3/c1-30-22-7-4-6-21(18-22)27-15-13-26(14-16-27)20-9-11-28(12-10-20)25(29)24-17-19-5-2-3-8-23(19)31-24/h2-8,17-18,20H,9-16H2,1H3. The second-order valence-electron chi connectivity index (χ2n) is 8.40. The Morgan fingerprint density at radius 3 is 2.45 bits per heavy atom. The van der Waals surface area contributed by atoms with Gasteiger partial charge in [-0.2, -0.15) is 0 Å². The maximum Gasteiger partial charge on any atom is 0.289 e. The van der Waals surface area contributed by atoms with Gasteiger partial charge in [0.2, 0.25) is 0 Å². The molecule has 0 aliphatic carbocycles. The summed E-state index contributed by atoms with van der Waals surface area (Å²) in [4.78, 5) is 19.9. The van der Waals surface area contributed by atoms with Crippen molar-refractivity contribution < 1.29 is 13.9 Å². The summed E-state index contributed by atoms with van der Waals surface area (Å²) in [6.07, 6.45) is 2.04. The molecular weight excluding hydrogens is 390 g/mol. The van der Waals surface area contributed by atoms with Crippen LogP contribution in [0.1, 0.15) is 23.4 Å². The summed E-state index contributed by atoms with van der Waals surface area (Å²) in [5.41, 5.74) is 2.00. The van der Waals surface area contributed by atoms with Crippen LogP contribution in [0.4, 0.5) is 5.69 Å². The molecule has 162 valence electrons. The van der Waals surface area contributed by atoms with Crippen molar-refractivity contribution in [3.8, 4) is 5.75 Å². The molecule has 5 rings (SSSR count). The summed E-state index contributed by atoms with van der Waals surface area (Å²) in [7, 11) is 1.71. The number of methoxy groups -OCH3 is 1. The summed E-state index contributed by atoms with van der Waals surface area (Å²) >= 11 is 0. The van der Waals surface area contributed by atoms with Crippen molar-refractivity contribution in [3.05, 3.63) is 60.4 Å². The van der Waals surface area contributed by atoms with Crippen LogP contribution in [-0.2, 0) is 0 Å². The van der Waals surface area contributed by atoms with E-state index < -0.39 is 0 Å². The van der Waals surface area contributed by atoms with Crippen molar-refractivity contribution in [2.45, 2.75) is 18.9 Å². The van der Waals surface area contributed by atoms with E-state index in [4.69, 9.17) is 9.15 Å². The van der Waals surface area contributed by atoms with E-state index in [0.29, 0.717) is 11.8 Å². The molecule has 0 saturated carbocycles. The number of fused-ring (bicyclic) bond motifs is 1. The van der Waals surface area contributed by atoms with Crippen LogP contribution in [0.25, 0.3) is 11.0 Å². The topological polar surface area (TPSA) is 49.2 Å². The highest BCUT2D eigenvalue weighted by atomic mass is 16.5. The van der Waals surface area contributed by atoms with Gasteiger partial charge in [0.1, 0.15) is 11.3 Å². The van der Waals surface area contributed by atoms with Gasteiger partial charge in [-0.05, 0) is 37.1 Å². The van der Waals surface area contributed by atoms with Crippen LogP contribution >= 0.6 is 0 Å². The van der Waals surface area contributed by atoms with Crippen LogP contribution in [0.15, 0.2) is 59.0 Å². The zero-order valence-corrected chi connectivity index (χ0v) is 18.0. The molecule has 0 N–H and O–H groups in total. The van der Waals surface area contributed by atoms with Gasteiger partial charge in [-0.3, -0.25) is 9.69 Å². The van der Waals surface area contributed by atoms with Crippen LogP contribution in [0.2, 0.25) is 0 Å². The molecule has 2 aliphatic heterocycles. The lowest BCUT2D eigenvalue weighted by Gasteiger charge is -2.43. The molecule has 0 bridgehead atoms. The number of likely N-dealkylation sites (tertiary alicyclic amines) is 1. The first-order valence-electron chi connectivity index (χ1n) is 11.1. The minimum atomic E-state index is 0.0116. The Morgan fingerprint density at radius 2 is 1.71 bits per heavy atom. The highest BCUT2D eigenvalue weighted by Crippen LogP contribution is 2.26. The van der Waals surface area contributed by atoms with E-state index >= 15 is 0 Å². The molecule has 1 amide bonds. The molecule has 0 spiro atoms. The minimum absolute atomic E-state index is 0.0116. The van der Waals surface area contributed by atoms with E-state index in [0.717, 1.165) is 68.8 Å². The molecule has 2 aromatic carbocycles. The van der Waals surface area contributed by atoms with E-state index in [2.05, 4.69) is 28.0 Å². The molecule has 2 saturated heterocycles. The molecule has 2 aliphatic rings. The lowest BCUT2D eigenvalue weighted by atomic mass is 10.0. The Labute approximate surface area is 183 Å². The quantitative estimate of drug-likeness (QED) is 0.643. The monoisotopic (exact) mass is 419 g/mol. The van der Waals surface area contributed by atoms with Gasteiger partial charge in [0.15, 0.2) is 5.76 Å². The highest BCUT2D eigenvalue weighted by Gasteiger charge is 2.30. The molecule has 1 aromatic heterocycles. The van der Waals surface area contributed by atoms with E-state index in [9.17, 15) is 4.79 Å². The Bertz CT molecular complexity index is 1010. The smallest absolute Gasteiger partial charge is 0.289 e. The Kier molecular flexibility index (Phi) is 5.55. The SMILES string of the molecule is COc1cccc(N2CCN(C3CCN(C(=O)c4cc5ccccc5o4)CC3)CC2)c1. The third kappa shape index (κ3) is 4.12. The molecular formula is C25H29N3O3. The fourth-order valence-electron chi connectivity index (χ4n) is 4.83. The van der Waals surface area contributed by atoms with Crippen LogP contribution in [0, 0.1) is 0 Å². The first kappa shape index (κ1) is 19.9. The van der Waals surface area contributed by atoms with Crippen LogP contribution in [0.3, 0.4) is 0 Å². The normalized spacial score (nSPS) is 18.5. The number of amides is 1. The number of ether oxygens (including phenoxy) is 1. The van der Waals surface area contributed by atoms with E-state index in [-0.39, 0.29) is 5.91 Å². The molecule has 31 heavy (non-hydrogen) atoms. The number of carbonyl (C=O) groups is 1. The average Bonchev–Trinajstić information content (AvgIpc) is 3.28. The van der Waals surface area contributed by atoms with Gasteiger partial charge in [-0.15, -0.1) is 0 Å². The largest absolute Gasteiger partial charge is 0.497 e. The van der Waals surface area contributed by atoms with Gasteiger partial charge >= 0.3 is 0 Å². The van der Waals surface area contributed by atoms with Crippen molar-refractivity contribution in [2.24, 2.45) is 0 Å². The number of para-hydroxylation sites is 1. The fourth-order valence-corrected chi connectivity index (χ4v) is 4.83. The van der Waals surface area contributed by atoms with Crippen molar-refractivity contribution in [1.82, 2.24) is 9.80 Å². The number of furan rings is 1. The number of piperazine rings is 1. The molecule has 0 unspecified atom stereocenters. The maximum atomic E-state index is 12.9. The van der Waals surface area contributed by atoms with Crippen molar-refractivity contribution in [1.29, 1.82) is 0 Å². The first-order chi connectivity index (χ1) is 15.2. The number of hydrogen-bond donors (Lipinski definition) is 0. The second kappa shape index (κ2) is 8.63. The lowest BCUT2D eigenvalue weighted by Crippen LogP contribution is -2.53. The Morgan fingerprint density at radius 1 is 0.935 bits per heavy atom. The summed E-state index contributed by atoms with van der Waals surface area (Å²) in [6.45, 7) is 5.72. The Hall–Kier alpha value is -2.99. The number of piperidine rings is 1. The van der Waals surface area contributed by atoms with Crippen LogP contribution in [0.5, 0.6) is 5.75 Å². The molecule has 6 nitrogen and oxygen atoms in total. The van der Waals surface area contributed by atoms with Crippen LogP contribution < -0.4 is 9.64 Å². The second-order valence-corrected chi connectivity index (χ2v) is 8.40. The van der Waals surface area contributed by atoms with E-state index in [1.54, 1.807) is 7.11 Å². The van der Waals surface area contributed by atoms with Gasteiger partial charge in [0.05, 0.1) is 7.11 Å². The summed E-state index contributed by atoms with van der Waals surface area (Å²) in [5.74, 6) is 1.37. The number of nitrogens with zero attached hydrogens (tertiary/aromatic N) is 3. The van der Waals surface area contributed by atoms with Crippen LogP contribution in [-0.4, -0.2) is 68.1 Å². The molecule has 3 aromatic rings. The summed E-state index contributed by atoms with van der Waals surface area (Å²) < 4.78 is 11.1. The van der Waals surface area contributed by atoms with Crippen molar-refractivity contribution in [3.63, 3.8) is 0 Å². The molecule has 3 heterocycles. The van der Waals surface area contributed by atoms with Gasteiger partial charge in [0, 0.05) is 62.5 Å². The maximum absolute atomic E-state index is 12.9. The number of rotatable bonds is 4. The summed E-state index contributed by atoms with van der Waals surface area (Å²) in [5, 5.41) is 0.981. The number of carbonyl (C=O) groups excluding carboxylic acids is 1. The van der Waals surface area contributed by atoms with Gasteiger partial charge in [-0.25, -0.2) is 0 Å². The third-order valence-corrected chi connectivity index (χ3v) is 6.64. The predicted molar refractivity (Wildman–Crippen MR) is 122 cm³/mol. The third-order valence-electron chi connectivity index (χ3n) is 6.64. The van der Waals surface area contributed by atoms with Crippen molar-refractivity contribution in [2.75, 3.05) is 51.3 Å². The number of anilines is 1. The summed E-state index contributed by atoms with van der Waals surface area (Å²) in [6, 6.07) is 18.5. The number of benzene rings is 2.